The van der Waals surface area contributed by atoms with E-state index in [1.54, 1.807) is 18.2 Å². The summed E-state index contributed by atoms with van der Waals surface area (Å²) in [5.41, 5.74) is 7.67. The van der Waals surface area contributed by atoms with E-state index in [1.165, 1.54) is 7.11 Å². The second-order valence-corrected chi connectivity index (χ2v) is 4.93. The molecule has 0 bridgehead atoms. The molecule has 3 N–H and O–H groups in total. The molecule has 0 aliphatic heterocycles. The Bertz CT molecular complexity index is 500. The Morgan fingerprint density at radius 1 is 1.40 bits per heavy atom. The molecule has 0 heterocycles. The van der Waals surface area contributed by atoms with E-state index in [2.05, 4.69) is 5.32 Å². The van der Waals surface area contributed by atoms with Gasteiger partial charge in [0.2, 0.25) is 0 Å². The number of carbonyl (C=O) groups excluding carboxylic acids is 2. The van der Waals surface area contributed by atoms with Gasteiger partial charge in [-0.15, -0.1) is 0 Å². The van der Waals surface area contributed by atoms with E-state index in [4.69, 9.17) is 10.5 Å². The van der Waals surface area contributed by atoms with Crippen molar-refractivity contribution in [3.63, 3.8) is 0 Å². The molecule has 0 saturated carbocycles. The van der Waals surface area contributed by atoms with Crippen LogP contribution in [-0.4, -0.2) is 25.0 Å². The molecule has 2 atom stereocenters. The summed E-state index contributed by atoms with van der Waals surface area (Å²) in [5.74, 6) is -0.732. The van der Waals surface area contributed by atoms with Crippen LogP contribution in [0.5, 0.6) is 0 Å². The second-order valence-electron chi connectivity index (χ2n) is 4.93. The molecular formula is C15H22N2O3. The molecule has 1 rings (SSSR count). The molecule has 1 aromatic rings. The van der Waals surface area contributed by atoms with Gasteiger partial charge >= 0.3 is 5.97 Å². The lowest BCUT2D eigenvalue weighted by Gasteiger charge is -2.22. The number of nitrogens with one attached hydrogen (secondary N) is 1. The van der Waals surface area contributed by atoms with Crippen LogP contribution in [0.1, 0.15) is 36.2 Å². The molecule has 5 nitrogen and oxygen atoms in total. The zero-order valence-electron chi connectivity index (χ0n) is 12.4. The number of nitrogen functional groups attached to an aromatic ring is 1. The predicted octanol–water partition coefficient (Wildman–Crippen LogP) is 1.89. The van der Waals surface area contributed by atoms with Crippen LogP contribution in [0.3, 0.4) is 0 Å². The standard InChI is InChI=1S/C15H22N2O3/c1-5-9(2)13(15(19)20-4)17-14(18)11-6-7-12(16)10(3)8-11/h6-9,13H,5,16H2,1-4H3,(H,17,18)/t9?,13-/m1/s1. The Kier molecular flexibility index (Phi) is 5.55. The van der Waals surface area contributed by atoms with Gasteiger partial charge in [0.1, 0.15) is 6.04 Å². The Morgan fingerprint density at radius 3 is 2.55 bits per heavy atom. The summed E-state index contributed by atoms with van der Waals surface area (Å²) in [4.78, 5) is 23.9. The van der Waals surface area contributed by atoms with Gasteiger partial charge in [-0.1, -0.05) is 20.3 Å². The Hall–Kier alpha value is -2.04. The van der Waals surface area contributed by atoms with Gasteiger partial charge in [-0.2, -0.15) is 0 Å². The largest absolute Gasteiger partial charge is 0.467 e. The first-order chi connectivity index (χ1) is 9.40. The van der Waals surface area contributed by atoms with Gasteiger partial charge in [-0.3, -0.25) is 4.79 Å². The van der Waals surface area contributed by atoms with Crippen molar-refractivity contribution in [3.05, 3.63) is 29.3 Å². The Morgan fingerprint density at radius 2 is 2.05 bits per heavy atom. The number of rotatable bonds is 5. The summed E-state index contributed by atoms with van der Waals surface area (Å²) in [6.45, 7) is 5.69. The molecule has 0 aliphatic carbocycles. The molecule has 110 valence electrons. The molecule has 0 radical (unpaired) electrons. The molecule has 5 heteroatoms. The van der Waals surface area contributed by atoms with Crippen molar-refractivity contribution in [1.82, 2.24) is 5.32 Å². The number of anilines is 1. The summed E-state index contributed by atoms with van der Waals surface area (Å²) < 4.78 is 4.74. The first kappa shape index (κ1) is 16.0. The third kappa shape index (κ3) is 3.73. The number of benzene rings is 1. The van der Waals surface area contributed by atoms with Gasteiger partial charge in [0.25, 0.3) is 5.91 Å². The zero-order chi connectivity index (χ0) is 15.3. The summed E-state index contributed by atoms with van der Waals surface area (Å²) in [6.07, 6.45) is 0.765. The van der Waals surface area contributed by atoms with Crippen molar-refractivity contribution in [2.45, 2.75) is 33.2 Å². The van der Waals surface area contributed by atoms with E-state index in [9.17, 15) is 9.59 Å². The van der Waals surface area contributed by atoms with Crippen LogP contribution in [0.15, 0.2) is 18.2 Å². The fourth-order valence-corrected chi connectivity index (χ4v) is 1.84. The monoisotopic (exact) mass is 278 g/mol. The summed E-state index contributed by atoms with van der Waals surface area (Å²) in [6, 6.07) is 4.38. The highest BCUT2D eigenvalue weighted by Gasteiger charge is 2.27. The van der Waals surface area contributed by atoms with Gasteiger partial charge in [0.05, 0.1) is 7.11 Å². The number of hydrogen-bond acceptors (Lipinski definition) is 4. The van der Waals surface area contributed by atoms with Crippen LogP contribution in [0.2, 0.25) is 0 Å². The maximum Gasteiger partial charge on any atom is 0.328 e. The van der Waals surface area contributed by atoms with E-state index < -0.39 is 12.0 Å². The molecule has 1 unspecified atom stereocenters. The number of amides is 1. The highest BCUT2D eigenvalue weighted by atomic mass is 16.5. The SMILES string of the molecule is CCC(C)[C@@H](NC(=O)c1ccc(N)c(C)c1)C(=O)OC. The minimum Gasteiger partial charge on any atom is -0.467 e. The number of nitrogens with two attached hydrogens (primary N) is 1. The number of esters is 1. The number of aryl methyl sites for hydroxylation is 1. The number of carbonyl (C=O) groups is 2. The number of hydrogen-bond donors (Lipinski definition) is 2. The van der Waals surface area contributed by atoms with Crippen LogP contribution in [0.4, 0.5) is 5.69 Å². The first-order valence-corrected chi connectivity index (χ1v) is 6.65. The average Bonchev–Trinajstić information content (AvgIpc) is 2.45. The smallest absolute Gasteiger partial charge is 0.328 e. The highest BCUT2D eigenvalue weighted by Crippen LogP contribution is 2.14. The van der Waals surface area contributed by atoms with Crippen molar-refractivity contribution < 1.29 is 14.3 Å². The van der Waals surface area contributed by atoms with E-state index in [-0.39, 0.29) is 11.8 Å². The maximum absolute atomic E-state index is 12.2. The third-order valence-corrected chi connectivity index (χ3v) is 3.49. The molecular weight excluding hydrogens is 256 g/mol. The molecule has 1 amide bonds. The second kappa shape index (κ2) is 6.93. The van der Waals surface area contributed by atoms with Gasteiger partial charge < -0.3 is 15.8 Å². The fourth-order valence-electron chi connectivity index (χ4n) is 1.84. The lowest BCUT2D eigenvalue weighted by molar-refractivity contribution is -0.144. The normalized spacial score (nSPS) is 13.4. The van der Waals surface area contributed by atoms with Gasteiger partial charge in [0, 0.05) is 11.3 Å². The zero-order valence-corrected chi connectivity index (χ0v) is 12.4. The molecule has 0 aromatic heterocycles. The fraction of sp³-hybridized carbons (Fsp3) is 0.467. The van der Waals surface area contributed by atoms with Crippen LogP contribution < -0.4 is 11.1 Å². The van der Waals surface area contributed by atoms with Crippen LogP contribution in [-0.2, 0) is 9.53 Å². The summed E-state index contributed by atoms with van der Waals surface area (Å²) in [7, 11) is 1.32. The topological polar surface area (TPSA) is 81.4 Å². The molecule has 0 fully saturated rings. The molecule has 0 aliphatic rings. The number of methoxy groups -OCH3 is 1. The van der Waals surface area contributed by atoms with Crippen molar-refractivity contribution in [2.24, 2.45) is 5.92 Å². The first-order valence-electron chi connectivity index (χ1n) is 6.65. The van der Waals surface area contributed by atoms with Crippen molar-refractivity contribution in [3.8, 4) is 0 Å². The lowest BCUT2D eigenvalue weighted by atomic mass is 9.98. The Labute approximate surface area is 119 Å². The lowest BCUT2D eigenvalue weighted by Crippen LogP contribution is -2.45. The van der Waals surface area contributed by atoms with Gasteiger partial charge in [-0.05, 0) is 36.6 Å². The minimum absolute atomic E-state index is 0.00118. The molecule has 0 spiro atoms. The maximum atomic E-state index is 12.2. The summed E-state index contributed by atoms with van der Waals surface area (Å²) in [5, 5.41) is 2.73. The molecule has 1 aromatic carbocycles. The van der Waals surface area contributed by atoms with E-state index >= 15 is 0 Å². The third-order valence-electron chi connectivity index (χ3n) is 3.49. The van der Waals surface area contributed by atoms with Crippen molar-refractivity contribution in [2.75, 3.05) is 12.8 Å². The molecule has 20 heavy (non-hydrogen) atoms. The number of ether oxygens (including phenoxy) is 1. The minimum atomic E-state index is -0.643. The van der Waals surface area contributed by atoms with E-state index in [0.29, 0.717) is 11.3 Å². The predicted molar refractivity (Wildman–Crippen MR) is 78.3 cm³/mol. The summed E-state index contributed by atoms with van der Waals surface area (Å²) >= 11 is 0. The van der Waals surface area contributed by atoms with Crippen LogP contribution in [0.25, 0.3) is 0 Å². The quantitative estimate of drug-likeness (QED) is 0.636. The van der Waals surface area contributed by atoms with E-state index in [1.807, 2.05) is 20.8 Å². The van der Waals surface area contributed by atoms with Crippen LogP contribution >= 0.6 is 0 Å². The average molecular weight is 278 g/mol. The molecule has 0 saturated heterocycles. The Balaban J connectivity index is 2.90. The van der Waals surface area contributed by atoms with Crippen molar-refractivity contribution >= 4 is 17.6 Å². The van der Waals surface area contributed by atoms with Gasteiger partial charge in [0.15, 0.2) is 0 Å². The van der Waals surface area contributed by atoms with E-state index in [0.717, 1.165) is 12.0 Å². The van der Waals surface area contributed by atoms with Crippen LogP contribution in [0, 0.1) is 12.8 Å². The highest BCUT2D eigenvalue weighted by molar-refractivity contribution is 5.97. The van der Waals surface area contributed by atoms with Crippen molar-refractivity contribution in [1.29, 1.82) is 0 Å². The van der Waals surface area contributed by atoms with Gasteiger partial charge in [-0.25, -0.2) is 4.79 Å².